The number of halogens is 1. The number of fused-ring (bicyclic) bond motifs is 1. The molecule has 5 atom stereocenters. The molecule has 1 fully saturated rings. The number of rotatable bonds is 5. The van der Waals surface area contributed by atoms with Crippen LogP contribution in [0, 0.1) is 0 Å². The highest BCUT2D eigenvalue weighted by molar-refractivity contribution is 8.14. The van der Waals surface area contributed by atoms with Gasteiger partial charge in [-0.3, -0.25) is 4.99 Å². The molecule has 0 radical (unpaired) electrons. The molecule has 2 heterocycles. The standard InChI is InChI=1S/C23H23FN2O5S/c1-26(2)23-25-18-17(24)19(31-21(28)15-11-7-4-8-12-15)16(30-22(18)32-23)13-29-20(27)14-9-5-3-6-10-14/h3-12,16-19,22H,13H2,1-2H3. The minimum atomic E-state index is -1.62. The van der Waals surface area contributed by atoms with E-state index in [2.05, 4.69) is 4.99 Å². The van der Waals surface area contributed by atoms with E-state index in [0.29, 0.717) is 16.3 Å². The lowest BCUT2D eigenvalue weighted by molar-refractivity contribution is -0.149. The normalized spacial score (nSPS) is 26.6. The van der Waals surface area contributed by atoms with Crippen molar-refractivity contribution in [3.8, 4) is 0 Å². The van der Waals surface area contributed by atoms with E-state index in [9.17, 15) is 9.59 Å². The van der Waals surface area contributed by atoms with Gasteiger partial charge in [-0.1, -0.05) is 48.2 Å². The smallest absolute Gasteiger partial charge is 0.338 e. The summed E-state index contributed by atoms with van der Waals surface area (Å²) < 4.78 is 32.5. The topological polar surface area (TPSA) is 77.4 Å². The van der Waals surface area contributed by atoms with E-state index in [1.165, 1.54) is 11.8 Å². The SMILES string of the molecule is CN(C)C1=NC2C(OC(COC(=O)c3ccccc3)C(OC(=O)c3ccccc3)C2F)S1. The predicted octanol–water partition coefficient (Wildman–Crippen LogP) is 3.17. The van der Waals surface area contributed by atoms with E-state index in [1.54, 1.807) is 65.6 Å². The van der Waals surface area contributed by atoms with Crippen LogP contribution in [0.15, 0.2) is 65.7 Å². The van der Waals surface area contributed by atoms with Gasteiger partial charge in [0.2, 0.25) is 0 Å². The van der Waals surface area contributed by atoms with Crippen LogP contribution in [0.25, 0.3) is 0 Å². The Morgan fingerprint density at radius 2 is 1.62 bits per heavy atom. The fourth-order valence-corrected chi connectivity index (χ4v) is 4.60. The average molecular weight is 459 g/mol. The molecule has 0 aromatic heterocycles. The molecule has 32 heavy (non-hydrogen) atoms. The molecular weight excluding hydrogens is 435 g/mol. The van der Waals surface area contributed by atoms with Crippen LogP contribution in [0.5, 0.6) is 0 Å². The van der Waals surface area contributed by atoms with Crippen LogP contribution >= 0.6 is 11.8 Å². The van der Waals surface area contributed by atoms with Gasteiger partial charge in [-0.2, -0.15) is 0 Å². The summed E-state index contributed by atoms with van der Waals surface area (Å²) in [5.74, 6) is -1.24. The lowest BCUT2D eigenvalue weighted by Gasteiger charge is -2.38. The van der Waals surface area contributed by atoms with Crippen LogP contribution in [0.3, 0.4) is 0 Å². The van der Waals surface area contributed by atoms with E-state index in [-0.39, 0.29) is 6.61 Å². The predicted molar refractivity (Wildman–Crippen MR) is 118 cm³/mol. The zero-order valence-electron chi connectivity index (χ0n) is 17.6. The van der Waals surface area contributed by atoms with Gasteiger partial charge in [-0.25, -0.2) is 14.0 Å². The summed E-state index contributed by atoms with van der Waals surface area (Å²) in [5, 5.41) is 0.623. The molecule has 1 saturated heterocycles. The minimum absolute atomic E-state index is 0.262. The van der Waals surface area contributed by atoms with Gasteiger partial charge in [-0.15, -0.1) is 0 Å². The Morgan fingerprint density at radius 1 is 1.03 bits per heavy atom. The first-order valence-corrected chi connectivity index (χ1v) is 11.0. The van der Waals surface area contributed by atoms with Crippen molar-refractivity contribution in [1.29, 1.82) is 0 Å². The van der Waals surface area contributed by atoms with Crippen molar-refractivity contribution in [2.75, 3.05) is 20.7 Å². The van der Waals surface area contributed by atoms with Crippen LogP contribution in [0.2, 0.25) is 0 Å². The van der Waals surface area contributed by atoms with Gasteiger partial charge in [0.1, 0.15) is 24.2 Å². The lowest BCUT2D eigenvalue weighted by Crippen LogP contribution is -2.56. The summed E-state index contributed by atoms with van der Waals surface area (Å²) in [4.78, 5) is 31.2. The van der Waals surface area contributed by atoms with Crippen LogP contribution in [-0.4, -0.2) is 72.6 Å². The number of benzene rings is 2. The van der Waals surface area contributed by atoms with E-state index < -0.39 is 41.8 Å². The molecule has 0 bridgehead atoms. The number of ether oxygens (including phenoxy) is 3. The summed E-state index contributed by atoms with van der Waals surface area (Å²) in [6.45, 7) is -0.262. The Kier molecular flexibility index (Phi) is 6.76. The van der Waals surface area contributed by atoms with Gasteiger partial charge in [0, 0.05) is 14.1 Å². The lowest BCUT2D eigenvalue weighted by atomic mass is 9.99. The quantitative estimate of drug-likeness (QED) is 0.637. The van der Waals surface area contributed by atoms with Gasteiger partial charge >= 0.3 is 11.9 Å². The third-order valence-corrected chi connectivity index (χ3v) is 6.40. The number of hydrogen-bond donors (Lipinski definition) is 0. The number of esters is 2. The molecule has 2 aliphatic rings. The Hall–Kier alpha value is -2.91. The van der Waals surface area contributed by atoms with E-state index in [0.717, 1.165) is 0 Å². The van der Waals surface area contributed by atoms with Crippen LogP contribution in [0.4, 0.5) is 4.39 Å². The number of nitrogens with zero attached hydrogens (tertiary/aromatic N) is 2. The maximum absolute atomic E-state index is 15.6. The first kappa shape index (κ1) is 22.3. The second kappa shape index (κ2) is 9.70. The highest BCUT2D eigenvalue weighted by Crippen LogP contribution is 2.39. The number of thioether (sulfide) groups is 1. The summed E-state index contributed by atoms with van der Waals surface area (Å²) in [6, 6.07) is 16.0. The van der Waals surface area contributed by atoms with Crippen LogP contribution in [0.1, 0.15) is 20.7 Å². The fraction of sp³-hybridized carbons (Fsp3) is 0.348. The number of aliphatic imine (C=N–C) groups is 1. The van der Waals surface area contributed by atoms with E-state index in [4.69, 9.17) is 14.2 Å². The Balaban J connectivity index is 1.52. The Labute approximate surface area is 189 Å². The van der Waals surface area contributed by atoms with Crippen molar-refractivity contribution >= 4 is 28.9 Å². The molecule has 2 aliphatic heterocycles. The third-order valence-electron chi connectivity index (χ3n) is 5.10. The second-order valence-electron chi connectivity index (χ2n) is 7.60. The van der Waals surface area contributed by atoms with E-state index in [1.807, 2.05) is 14.1 Å². The molecule has 4 rings (SSSR count). The van der Waals surface area contributed by atoms with Gasteiger partial charge in [-0.05, 0) is 24.3 Å². The van der Waals surface area contributed by atoms with Gasteiger partial charge in [0.05, 0.1) is 11.1 Å². The van der Waals surface area contributed by atoms with Crippen molar-refractivity contribution in [2.24, 2.45) is 4.99 Å². The molecule has 5 unspecified atom stereocenters. The molecule has 0 N–H and O–H groups in total. The number of carbonyl (C=O) groups excluding carboxylic acids is 2. The summed E-state index contributed by atoms with van der Waals surface area (Å²) >= 11 is 1.29. The Bertz CT molecular complexity index is 988. The van der Waals surface area contributed by atoms with Crippen molar-refractivity contribution < 1.29 is 28.2 Å². The zero-order valence-corrected chi connectivity index (χ0v) is 18.4. The van der Waals surface area contributed by atoms with Crippen molar-refractivity contribution in [3.63, 3.8) is 0 Å². The third kappa shape index (κ3) is 4.78. The van der Waals surface area contributed by atoms with Gasteiger partial charge in [0.25, 0.3) is 0 Å². The van der Waals surface area contributed by atoms with Gasteiger partial charge in [0.15, 0.2) is 17.4 Å². The largest absolute Gasteiger partial charge is 0.459 e. The zero-order chi connectivity index (χ0) is 22.7. The summed E-state index contributed by atoms with van der Waals surface area (Å²) in [6.07, 6.45) is -3.87. The number of amidine groups is 1. The van der Waals surface area contributed by atoms with Crippen molar-refractivity contribution in [3.05, 3.63) is 71.8 Å². The van der Waals surface area contributed by atoms with E-state index >= 15 is 4.39 Å². The second-order valence-corrected chi connectivity index (χ2v) is 8.67. The minimum Gasteiger partial charge on any atom is -0.459 e. The summed E-state index contributed by atoms with van der Waals surface area (Å²) in [7, 11) is 3.62. The molecular formula is C23H23FN2O5S. The highest BCUT2D eigenvalue weighted by atomic mass is 32.2. The molecule has 2 aromatic carbocycles. The van der Waals surface area contributed by atoms with Crippen molar-refractivity contribution in [2.45, 2.75) is 29.9 Å². The fourth-order valence-electron chi connectivity index (χ4n) is 3.45. The highest BCUT2D eigenvalue weighted by Gasteiger charge is 2.52. The first-order valence-electron chi connectivity index (χ1n) is 10.1. The molecule has 2 aromatic rings. The van der Waals surface area contributed by atoms with Gasteiger partial charge < -0.3 is 19.1 Å². The molecule has 0 amide bonds. The monoisotopic (exact) mass is 458 g/mol. The average Bonchev–Trinajstić information content (AvgIpc) is 3.25. The molecule has 168 valence electrons. The van der Waals surface area contributed by atoms with Crippen LogP contribution in [-0.2, 0) is 14.2 Å². The first-order chi connectivity index (χ1) is 15.4. The van der Waals surface area contributed by atoms with Crippen molar-refractivity contribution in [1.82, 2.24) is 4.90 Å². The number of hydrogen-bond acceptors (Lipinski definition) is 8. The Morgan fingerprint density at radius 3 is 2.22 bits per heavy atom. The molecule has 9 heteroatoms. The molecule has 0 spiro atoms. The molecule has 0 saturated carbocycles. The maximum atomic E-state index is 15.6. The molecule has 7 nitrogen and oxygen atoms in total. The number of carbonyl (C=O) groups is 2. The molecule has 0 aliphatic carbocycles. The maximum Gasteiger partial charge on any atom is 0.338 e. The van der Waals surface area contributed by atoms with Crippen LogP contribution < -0.4 is 0 Å². The number of alkyl halides is 1. The summed E-state index contributed by atoms with van der Waals surface area (Å²) in [5.41, 5.74) is 0.0546.